The van der Waals surface area contributed by atoms with Crippen LogP contribution < -0.4 is 10.5 Å². The molecule has 0 saturated carbocycles. The molecule has 5 heteroatoms. The van der Waals surface area contributed by atoms with Crippen molar-refractivity contribution in [3.05, 3.63) is 57.8 Å². The average Bonchev–Trinajstić information content (AvgIpc) is 2.46. The Labute approximate surface area is 132 Å². The van der Waals surface area contributed by atoms with Crippen molar-refractivity contribution in [1.82, 2.24) is 4.98 Å². The Morgan fingerprint density at radius 3 is 2.90 bits per heavy atom. The lowest BCUT2D eigenvalue weighted by molar-refractivity contribution is 0.302. The Bertz CT molecular complexity index is 665. The molecule has 0 aliphatic rings. The van der Waals surface area contributed by atoms with Gasteiger partial charge in [0.15, 0.2) is 0 Å². The molecule has 2 rings (SSSR count). The average molecular weight is 346 g/mol. The number of nitrogens with zero attached hydrogens (tertiary/aromatic N) is 2. The fraction of sp³-hybridized carbons (Fsp3) is 0.250. The Kier molecular flexibility index (Phi) is 5.32. The van der Waals surface area contributed by atoms with Crippen molar-refractivity contribution in [2.45, 2.75) is 26.0 Å². The SMILES string of the molecule is CC(N)Cc1cc(Br)ccc1OCc1ccnc(C#N)c1. The van der Waals surface area contributed by atoms with Crippen LogP contribution >= 0.6 is 15.9 Å². The highest BCUT2D eigenvalue weighted by molar-refractivity contribution is 9.10. The van der Waals surface area contributed by atoms with E-state index in [9.17, 15) is 0 Å². The van der Waals surface area contributed by atoms with Crippen molar-refractivity contribution in [2.75, 3.05) is 0 Å². The minimum absolute atomic E-state index is 0.0627. The predicted octanol–water partition coefficient (Wildman–Crippen LogP) is 3.18. The lowest BCUT2D eigenvalue weighted by Gasteiger charge is -2.13. The van der Waals surface area contributed by atoms with Crippen molar-refractivity contribution in [2.24, 2.45) is 5.73 Å². The third-order valence-corrected chi connectivity index (χ3v) is 3.39. The molecule has 108 valence electrons. The maximum Gasteiger partial charge on any atom is 0.140 e. The Balaban J connectivity index is 2.14. The number of hydrogen-bond acceptors (Lipinski definition) is 4. The van der Waals surface area contributed by atoms with Crippen molar-refractivity contribution in [3.8, 4) is 11.8 Å². The highest BCUT2D eigenvalue weighted by atomic mass is 79.9. The first-order valence-corrected chi connectivity index (χ1v) is 7.39. The Morgan fingerprint density at radius 2 is 2.19 bits per heavy atom. The molecule has 2 aromatic rings. The van der Waals surface area contributed by atoms with Crippen molar-refractivity contribution < 1.29 is 4.74 Å². The third-order valence-electron chi connectivity index (χ3n) is 2.90. The first kappa shape index (κ1) is 15.5. The van der Waals surface area contributed by atoms with Crippen LogP contribution in [-0.4, -0.2) is 11.0 Å². The summed E-state index contributed by atoms with van der Waals surface area (Å²) < 4.78 is 6.87. The van der Waals surface area contributed by atoms with Crippen LogP contribution in [0.3, 0.4) is 0 Å². The summed E-state index contributed by atoms with van der Waals surface area (Å²) in [6.07, 6.45) is 2.36. The lowest BCUT2D eigenvalue weighted by atomic mass is 10.1. The van der Waals surface area contributed by atoms with E-state index in [2.05, 4.69) is 20.9 Å². The van der Waals surface area contributed by atoms with E-state index in [1.807, 2.05) is 37.3 Å². The van der Waals surface area contributed by atoms with Crippen LogP contribution in [0.2, 0.25) is 0 Å². The summed E-state index contributed by atoms with van der Waals surface area (Å²) in [5.41, 5.74) is 8.24. The second kappa shape index (κ2) is 7.21. The van der Waals surface area contributed by atoms with E-state index in [0.29, 0.717) is 12.3 Å². The normalized spacial score (nSPS) is 11.7. The Hall–Kier alpha value is -1.90. The van der Waals surface area contributed by atoms with Gasteiger partial charge in [0.05, 0.1) is 0 Å². The molecule has 0 fully saturated rings. The summed E-state index contributed by atoms with van der Waals surface area (Å²) in [5.74, 6) is 0.811. The highest BCUT2D eigenvalue weighted by Crippen LogP contribution is 2.25. The summed E-state index contributed by atoms with van der Waals surface area (Å²) in [6.45, 7) is 2.36. The first-order chi connectivity index (χ1) is 10.1. The molecule has 0 saturated heterocycles. The minimum Gasteiger partial charge on any atom is -0.489 e. The zero-order valence-corrected chi connectivity index (χ0v) is 13.3. The molecule has 0 aliphatic heterocycles. The number of rotatable bonds is 5. The number of hydrogen-bond donors (Lipinski definition) is 1. The maximum absolute atomic E-state index is 8.85. The van der Waals surface area contributed by atoms with Gasteiger partial charge in [0, 0.05) is 16.7 Å². The zero-order valence-electron chi connectivity index (χ0n) is 11.7. The largest absolute Gasteiger partial charge is 0.489 e. The predicted molar refractivity (Wildman–Crippen MR) is 84.8 cm³/mol. The van der Waals surface area contributed by atoms with Gasteiger partial charge >= 0.3 is 0 Å². The first-order valence-electron chi connectivity index (χ1n) is 6.60. The summed E-state index contributed by atoms with van der Waals surface area (Å²) >= 11 is 3.46. The molecule has 1 atom stereocenters. The van der Waals surface area contributed by atoms with Crippen LogP contribution in [0.15, 0.2) is 41.0 Å². The van der Waals surface area contributed by atoms with E-state index >= 15 is 0 Å². The number of ether oxygens (including phenoxy) is 1. The van der Waals surface area contributed by atoms with Gasteiger partial charge in [-0.15, -0.1) is 0 Å². The van der Waals surface area contributed by atoms with Crippen LogP contribution in [0, 0.1) is 11.3 Å². The second-order valence-corrected chi connectivity index (χ2v) is 5.80. The van der Waals surface area contributed by atoms with E-state index in [4.69, 9.17) is 15.7 Å². The van der Waals surface area contributed by atoms with Gasteiger partial charge in [-0.25, -0.2) is 4.98 Å². The summed E-state index contributed by atoms with van der Waals surface area (Å²) in [4.78, 5) is 3.94. The number of nitriles is 1. The molecule has 0 radical (unpaired) electrons. The summed E-state index contributed by atoms with van der Waals surface area (Å²) in [5, 5.41) is 8.85. The molecule has 0 spiro atoms. The molecule has 1 heterocycles. The molecule has 21 heavy (non-hydrogen) atoms. The number of benzene rings is 1. The Morgan fingerprint density at radius 1 is 1.38 bits per heavy atom. The standard InChI is InChI=1S/C16H16BrN3O/c1-11(19)6-13-8-14(17)2-3-16(13)21-10-12-4-5-20-15(7-12)9-18/h2-5,7-8,11H,6,10,19H2,1H3. The lowest BCUT2D eigenvalue weighted by Crippen LogP contribution is -2.18. The maximum atomic E-state index is 8.85. The minimum atomic E-state index is 0.0627. The van der Waals surface area contributed by atoms with E-state index in [0.717, 1.165) is 27.8 Å². The van der Waals surface area contributed by atoms with Gasteiger partial charge in [-0.05, 0) is 54.8 Å². The topological polar surface area (TPSA) is 71.9 Å². The molecule has 4 nitrogen and oxygen atoms in total. The molecule has 2 N–H and O–H groups in total. The van der Waals surface area contributed by atoms with E-state index in [1.165, 1.54) is 0 Å². The molecule has 0 bridgehead atoms. The highest BCUT2D eigenvalue weighted by Gasteiger charge is 2.08. The second-order valence-electron chi connectivity index (χ2n) is 4.88. The smallest absolute Gasteiger partial charge is 0.140 e. The molecular weight excluding hydrogens is 330 g/mol. The molecule has 0 aliphatic carbocycles. The van der Waals surface area contributed by atoms with Gasteiger partial charge in [-0.1, -0.05) is 15.9 Å². The van der Waals surface area contributed by atoms with E-state index in [-0.39, 0.29) is 6.04 Å². The number of pyridine rings is 1. The summed E-state index contributed by atoms with van der Waals surface area (Å²) in [6, 6.07) is 11.5. The van der Waals surface area contributed by atoms with Crippen LogP contribution in [0.25, 0.3) is 0 Å². The van der Waals surface area contributed by atoms with Gasteiger partial charge in [0.1, 0.15) is 24.1 Å². The van der Waals surface area contributed by atoms with Gasteiger partial charge in [-0.2, -0.15) is 5.26 Å². The summed E-state index contributed by atoms with van der Waals surface area (Å²) in [7, 11) is 0. The molecule has 0 amide bonds. The van der Waals surface area contributed by atoms with Crippen LogP contribution in [0.4, 0.5) is 0 Å². The number of nitrogens with two attached hydrogens (primary N) is 1. The van der Waals surface area contributed by atoms with Crippen molar-refractivity contribution >= 4 is 15.9 Å². The van der Waals surface area contributed by atoms with Crippen LogP contribution in [0.1, 0.15) is 23.7 Å². The quantitative estimate of drug-likeness (QED) is 0.903. The van der Waals surface area contributed by atoms with Gasteiger partial charge in [0.25, 0.3) is 0 Å². The zero-order chi connectivity index (χ0) is 15.2. The fourth-order valence-electron chi connectivity index (χ4n) is 1.98. The van der Waals surface area contributed by atoms with Crippen LogP contribution in [-0.2, 0) is 13.0 Å². The fourth-order valence-corrected chi connectivity index (χ4v) is 2.39. The molecule has 1 aromatic heterocycles. The monoisotopic (exact) mass is 345 g/mol. The van der Waals surface area contributed by atoms with Gasteiger partial charge < -0.3 is 10.5 Å². The molecule has 1 unspecified atom stereocenters. The van der Waals surface area contributed by atoms with Gasteiger partial charge in [0.2, 0.25) is 0 Å². The van der Waals surface area contributed by atoms with Crippen molar-refractivity contribution in [1.29, 1.82) is 5.26 Å². The van der Waals surface area contributed by atoms with Crippen molar-refractivity contribution in [3.63, 3.8) is 0 Å². The molecular formula is C16H16BrN3O. The number of halogens is 1. The van der Waals surface area contributed by atoms with Crippen LogP contribution in [0.5, 0.6) is 5.75 Å². The number of aromatic nitrogens is 1. The van der Waals surface area contributed by atoms with E-state index in [1.54, 1.807) is 12.3 Å². The van der Waals surface area contributed by atoms with Gasteiger partial charge in [-0.3, -0.25) is 0 Å². The third kappa shape index (κ3) is 4.55. The molecule has 1 aromatic carbocycles. The van der Waals surface area contributed by atoms with E-state index < -0.39 is 0 Å².